The second-order valence-electron chi connectivity index (χ2n) is 7.88. The Bertz CT molecular complexity index is 953. The lowest BCUT2D eigenvalue weighted by Crippen LogP contribution is -2.50. The van der Waals surface area contributed by atoms with E-state index in [-0.39, 0.29) is 16.6 Å². The lowest BCUT2D eigenvalue weighted by Gasteiger charge is -2.43. The summed E-state index contributed by atoms with van der Waals surface area (Å²) in [7, 11) is 0. The summed E-state index contributed by atoms with van der Waals surface area (Å²) >= 11 is 13.7. The van der Waals surface area contributed by atoms with Gasteiger partial charge < -0.3 is 15.3 Å². The molecule has 2 aliphatic rings. The summed E-state index contributed by atoms with van der Waals surface area (Å²) in [5.74, 6) is 0.853. The maximum absolute atomic E-state index is 11.1. The van der Waals surface area contributed by atoms with Gasteiger partial charge in [-0.3, -0.25) is 0 Å². The minimum absolute atomic E-state index is 0.0562. The summed E-state index contributed by atoms with van der Waals surface area (Å²) in [5, 5.41) is 13.4. The summed E-state index contributed by atoms with van der Waals surface area (Å²) in [4.78, 5) is 27.5. The third kappa shape index (κ3) is 4.31. The molecule has 0 radical (unpaired) electrons. The molecule has 2 aromatic rings. The molecule has 1 atom stereocenters. The number of nitrogens with one attached hydrogen (secondary N) is 1. The number of aryl methyl sites for hydroxylation is 1. The second-order valence-corrected chi connectivity index (χ2v) is 9.65. The Kier molecular flexibility index (Phi) is 6.27. The van der Waals surface area contributed by atoms with Crippen molar-refractivity contribution in [3.8, 4) is 0 Å². The van der Waals surface area contributed by atoms with Gasteiger partial charge in [0.2, 0.25) is 0 Å². The molecule has 2 N–H and O–H groups in total. The molecule has 160 valence electrons. The molecule has 30 heavy (non-hydrogen) atoms. The fourth-order valence-electron chi connectivity index (χ4n) is 4.59. The highest BCUT2D eigenvalue weighted by atomic mass is 35.5. The fourth-order valence-corrected chi connectivity index (χ4v) is 5.85. The zero-order valence-electron chi connectivity index (χ0n) is 16.6. The first-order chi connectivity index (χ1) is 14.4. The smallest absolute Gasteiger partial charge is 0.404 e. The first kappa shape index (κ1) is 21.5. The third-order valence-corrected chi connectivity index (χ3v) is 8.23. The molecular weight excluding hydrogens is 445 g/mol. The van der Waals surface area contributed by atoms with Crippen molar-refractivity contribution in [3.05, 3.63) is 34.3 Å². The molecule has 1 amide bonds. The van der Waals surface area contributed by atoms with Crippen LogP contribution in [0.15, 0.2) is 28.4 Å². The van der Waals surface area contributed by atoms with Gasteiger partial charge in [-0.05, 0) is 44.1 Å². The standard InChI is InChI=1S/C20H23Cl2N5O2S/c1-12-18(30-13-4-8-23-17(22)16(13)21)24-11-15(25-12)27-9-6-20(7-10-27)5-2-3-14(20)26-19(28)29/h4,8,11,14,26H,2-3,5-7,9-10H2,1H3,(H,28,29). The van der Waals surface area contributed by atoms with Gasteiger partial charge in [-0.15, -0.1) is 0 Å². The van der Waals surface area contributed by atoms with E-state index in [0.29, 0.717) is 5.02 Å². The monoisotopic (exact) mass is 467 g/mol. The number of hydrogen-bond acceptors (Lipinski definition) is 6. The topological polar surface area (TPSA) is 91.2 Å². The van der Waals surface area contributed by atoms with Crippen molar-refractivity contribution in [1.82, 2.24) is 20.3 Å². The van der Waals surface area contributed by atoms with Crippen molar-refractivity contribution >= 4 is 46.9 Å². The molecule has 2 aromatic heterocycles. The number of aromatic nitrogens is 3. The van der Waals surface area contributed by atoms with Crippen LogP contribution in [0, 0.1) is 12.3 Å². The number of amides is 1. The second kappa shape index (κ2) is 8.77. The van der Waals surface area contributed by atoms with E-state index in [2.05, 4.69) is 20.2 Å². The number of anilines is 1. The molecule has 2 fully saturated rings. The molecule has 1 saturated heterocycles. The number of nitrogens with zero attached hydrogens (tertiary/aromatic N) is 4. The number of hydrogen-bond donors (Lipinski definition) is 2. The Labute approximate surface area is 189 Å². The first-order valence-corrected chi connectivity index (χ1v) is 11.5. The van der Waals surface area contributed by atoms with Crippen LogP contribution in [0.5, 0.6) is 0 Å². The molecule has 1 spiro atoms. The maximum Gasteiger partial charge on any atom is 0.404 e. The lowest BCUT2D eigenvalue weighted by molar-refractivity contribution is 0.149. The molecule has 10 heteroatoms. The molecule has 4 rings (SSSR count). The third-order valence-electron chi connectivity index (χ3n) is 6.19. The van der Waals surface area contributed by atoms with E-state index in [1.165, 1.54) is 11.8 Å². The van der Waals surface area contributed by atoms with Crippen molar-refractivity contribution in [1.29, 1.82) is 0 Å². The number of piperidine rings is 1. The summed E-state index contributed by atoms with van der Waals surface area (Å²) in [6.07, 6.45) is 7.50. The van der Waals surface area contributed by atoms with Gasteiger partial charge in [0, 0.05) is 30.2 Å². The van der Waals surface area contributed by atoms with Crippen LogP contribution in [0.2, 0.25) is 10.2 Å². The van der Waals surface area contributed by atoms with E-state index in [9.17, 15) is 4.79 Å². The van der Waals surface area contributed by atoms with Crippen LogP contribution in [0.1, 0.15) is 37.8 Å². The van der Waals surface area contributed by atoms with Crippen molar-refractivity contribution in [2.45, 2.75) is 55.0 Å². The normalized spacial score (nSPS) is 20.5. The van der Waals surface area contributed by atoms with E-state index < -0.39 is 6.09 Å². The predicted octanol–water partition coefficient (Wildman–Crippen LogP) is 5.04. The summed E-state index contributed by atoms with van der Waals surface area (Å²) in [6.45, 7) is 3.64. The van der Waals surface area contributed by atoms with Gasteiger partial charge in [-0.2, -0.15) is 0 Å². The van der Waals surface area contributed by atoms with Crippen LogP contribution in [0.4, 0.5) is 10.6 Å². The maximum atomic E-state index is 11.1. The van der Waals surface area contributed by atoms with Crippen molar-refractivity contribution in [2.75, 3.05) is 18.0 Å². The van der Waals surface area contributed by atoms with Gasteiger partial charge in [0.25, 0.3) is 0 Å². The molecular formula is C20H23Cl2N5O2S. The van der Waals surface area contributed by atoms with Gasteiger partial charge >= 0.3 is 6.09 Å². The first-order valence-electron chi connectivity index (χ1n) is 9.94. The van der Waals surface area contributed by atoms with Crippen LogP contribution in [0.3, 0.4) is 0 Å². The van der Waals surface area contributed by atoms with E-state index in [4.69, 9.17) is 33.3 Å². The van der Waals surface area contributed by atoms with Crippen LogP contribution in [-0.4, -0.2) is 45.3 Å². The summed E-state index contributed by atoms with van der Waals surface area (Å²) in [5.41, 5.74) is 0.901. The van der Waals surface area contributed by atoms with E-state index in [0.717, 1.165) is 66.6 Å². The number of pyridine rings is 1. The summed E-state index contributed by atoms with van der Waals surface area (Å²) in [6, 6.07) is 1.86. The van der Waals surface area contributed by atoms with E-state index in [1.807, 2.05) is 6.92 Å². The van der Waals surface area contributed by atoms with Crippen LogP contribution in [0.25, 0.3) is 0 Å². The Morgan fingerprint density at radius 1 is 1.30 bits per heavy atom. The van der Waals surface area contributed by atoms with Gasteiger partial charge in [0.1, 0.15) is 16.0 Å². The molecule has 0 aromatic carbocycles. The zero-order valence-corrected chi connectivity index (χ0v) is 18.9. The quantitative estimate of drug-likeness (QED) is 0.607. The number of rotatable bonds is 4. The predicted molar refractivity (Wildman–Crippen MR) is 118 cm³/mol. The van der Waals surface area contributed by atoms with Crippen LogP contribution < -0.4 is 10.2 Å². The minimum Gasteiger partial charge on any atom is -0.465 e. The highest BCUT2D eigenvalue weighted by Gasteiger charge is 2.45. The van der Waals surface area contributed by atoms with Crippen LogP contribution >= 0.6 is 35.0 Å². The average molecular weight is 468 g/mol. The number of carboxylic acid groups (broad SMARTS) is 1. The van der Waals surface area contributed by atoms with Gasteiger partial charge in [0.15, 0.2) is 0 Å². The van der Waals surface area contributed by atoms with Gasteiger partial charge in [-0.25, -0.2) is 19.7 Å². The van der Waals surface area contributed by atoms with E-state index in [1.54, 1.807) is 18.5 Å². The Balaban J connectivity index is 1.44. The van der Waals surface area contributed by atoms with Gasteiger partial charge in [0.05, 0.1) is 16.9 Å². The number of halogens is 2. The molecule has 0 bridgehead atoms. The lowest BCUT2D eigenvalue weighted by atomic mass is 9.74. The minimum atomic E-state index is -0.922. The SMILES string of the molecule is Cc1nc(N2CCC3(CCCC3NC(=O)O)CC2)cnc1Sc1ccnc(Cl)c1Cl. The number of carbonyl (C=O) groups is 1. The highest BCUT2D eigenvalue weighted by Crippen LogP contribution is 2.47. The summed E-state index contributed by atoms with van der Waals surface area (Å²) < 4.78 is 0. The molecule has 1 aliphatic heterocycles. The Morgan fingerprint density at radius 2 is 2.07 bits per heavy atom. The van der Waals surface area contributed by atoms with Gasteiger partial charge in [-0.1, -0.05) is 41.4 Å². The fraction of sp³-hybridized carbons (Fsp3) is 0.500. The Hall–Kier alpha value is -1.77. The molecule has 1 aliphatic carbocycles. The van der Waals surface area contributed by atoms with Crippen molar-refractivity contribution < 1.29 is 9.90 Å². The average Bonchev–Trinajstić information content (AvgIpc) is 3.08. The zero-order chi connectivity index (χ0) is 21.3. The molecule has 7 nitrogen and oxygen atoms in total. The molecule has 1 unspecified atom stereocenters. The van der Waals surface area contributed by atoms with Crippen molar-refractivity contribution in [2.24, 2.45) is 5.41 Å². The Morgan fingerprint density at radius 3 is 2.77 bits per heavy atom. The van der Waals surface area contributed by atoms with Crippen molar-refractivity contribution in [3.63, 3.8) is 0 Å². The largest absolute Gasteiger partial charge is 0.465 e. The van der Waals surface area contributed by atoms with E-state index >= 15 is 0 Å². The highest BCUT2D eigenvalue weighted by molar-refractivity contribution is 7.99. The molecule has 1 saturated carbocycles. The van der Waals surface area contributed by atoms with Crippen LogP contribution in [-0.2, 0) is 0 Å². The molecule has 3 heterocycles.